The molecule has 4 nitrogen and oxygen atoms in total. The second-order valence-corrected chi connectivity index (χ2v) is 6.46. The van der Waals surface area contributed by atoms with Gasteiger partial charge in [-0.15, -0.1) is 11.6 Å². The maximum atomic E-state index is 11.2. The molecule has 0 fully saturated rings. The fourth-order valence-corrected chi connectivity index (χ4v) is 3.34. The molecule has 1 N–H and O–H groups in total. The quantitative estimate of drug-likeness (QED) is 0.344. The van der Waals surface area contributed by atoms with Gasteiger partial charge in [0.05, 0.1) is 10.6 Å². The molecule has 3 atom stereocenters. The maximum Gasteiger partial charge on any atom is 0.309 e. The first-order valence-electron chi connectivity index (χ1n) is 6.19. The molecule has 0 aliphatic carbocycles. The molecule has 3 rings (SSSR count). The van der Waals surface area contributed by atoms with Gasteiger partial charge in [0.2, 0.25) is 0 Å². The van der Waals surface area contributed by atoms with Crippen molar-refractivity contribution in [3.8, 4) is 0 Å². The molecule has 0 bridgehead atoms. The van der Waals surface area contributed by atoms with Gasteiger partial charge in [-0.1, -0.05) is 23.2 Å². The molecule has 0 saturated carbocycles. The van der Waals surface area contributed by atoms with Crippen LogP contribution in [0.25, 0.3) is 6.08 Å². The van der Waals surface area contributed by atoms with E-state index in [2.05, 4.69) is 4.99 Å². The first kappa shape index (κ1) is 17.4. The predicted molar refractivity (Wildman–Crippen MR) is 80.5 cm³/mol. The van der Waals surface area contributed by atoms with Crippen LogP contribution in [0.3, 0.4) is 0 Å². The van der Waals surface area contributed by atoms with Gasteiger partial charge in [0.15, 0.2) is 11.2 Å². The number of carbonyl (C=O) groups is 2. The normalized spacial score (nSPS) is 28.3. The number of nitrogens with one attached hydrogen (secondary N) is 1. The van der Waals surface area contributed by atoms with Crippen molar-refractivity contribution in [3.63, 3.8) is 0 Å². The summed E-state index contributed by atoms with van der Waals surface area (Å²) in [5.41, 5.74) is 0.511. The zero-order chi connectivity index (χ0) is 15.2. The van der Waals surface area contributed by atoms with E-state index in [1.807, 2.05) is 6.08 Å². The van der Waals surface area contributed by atoms with Gasteiger partial charge >= 0.3 is 6.41 Å². The van der Waals surface area contributed by atoms with Gasteiger partial charge in [0, 0.05) is 6.42 Å². The fraction of sp³-hybridized carbons (Fsp3) is 0.214. The summed E-state index contributed by atoms with van der Waals surface area (Å²) in [6.07, 6.45) is 6.86. The van der Waals surface area contributed by atoms with E-state index < -0.39 is 10.4 Å². The Morgan fingerprint density at radius 2 is 2.14 bits per heavy atom. The molecule has 22 heavy (non-hydrogen) atoms. The number of hydrogen-bond acceptors (Lipinski definition) is 3. The number of amides is 1. The molecule has 8 heteroatoms. The lowest BCUT2D eigenvalue weighted by molar-refractivity contribution is -0.676. The van der Waals surface area contributed by atoms with Crippen molar-refractivity contribution < 1.29 is 26.9 Å². The molecular formula is C14H10Cl4N2O2. The van der Waals surface area contributed by atoms with Crippen LogP contribution in [-0.2, 0) is 16.0 Å². The summed E-state index contributed by atoms with van der Waals surface area (Å²) in [5.74, 6) is 0. The molecule has 2 aliphatic rings. The van der Waals surface area contributed by atoms with Crippen molar-refractivity contribution in [3.05, 3.63) is 39.5 Å². The second kappa shape index (κ2) is 6.30. The Bertz CT molecular complexity index is 793. The first-order chi connectivity index (χ1) is 10.00. The Hall–Kier alpha value is -0.910. The average molecular weight is 380 g/mol. The molecule has 1 amide bonds. The van der Waals surface area contributed by atoms with Crippen LogP contribution >= 0.6 is 34.8 Å². The summed E-state index contributed by atoms with van der Waals surface area (Å²) in [4.78, 5) is 25.9. The maximum absolute atomic E-state index is 11.2. The summed E-state index contributed by atoms with van der Waals surface area (Å²) in [7, 11) is 0. The Kier molecular flexibility index (Phi) is 5.00. The van der Waals surface area contributed by atoms with Crippen LogP contribution in [0.15, 0.2) is 23.3 Å². The number of nitrogens with zero attached hydrogens (tertiary/aromatic N) is 1. The molecule has 0 radical (unpaired) electrons. The van der Waals surface area contributed by atoms with E-state index in [-0.39, 0.29) is 18.8 Å². The summed E-state index contributed by atoms with van der Waals surface area (Å²) < 4.78 is 0. The summed E-state index contributed by atoms with van der Waals surface area (Å²) in [5, 5.41) is 1.80. The molecule has 2 heterocycles. The lowest BCUT2D eigenvalue weighted by Gasteiger charge is -2.28. The molecule has 0 saturated heterocycles. The van der Waals surface area contributed by atoms with Gasteiger partial charge in [-0.3, -0.25) is 4.99 Å². The minimum absolute atomic E-state index is 0. The standard InChI is InChI=1S/C14H9Cl3N2O2.ClH/c15-10-4-8-5-14(17,6-20)13(16)18-11(8)9-2-1-3-19(7-21)12(9)10;/h1-4,6-7,13H,5H2;1H. The Morgan fingerprint density at radius 1 is 1.41 bits per heavy atom. The van der Waals surface area contributed by atoms with E-state index in [1.54, 1.807) is 18.3 Å². The highest BCUT2D eigenvalue weighted by atomic mass is 35.5. The molecule has 1 aromatic carbocycles. The number of hydrogen-bond donors (Lipinski definition) is 1. The van der Waals surface area contributed by atoms with Crippen LogP contribution in [0.5, 0.6) is 0 Å². The van der Waals surface area contributed by atoms with Gasteiger partial charge < -0.3 is 17.2 Å². The summed E-state index contributed by atoms with van der Waals surface area (Å²) in [6.45, 7) is 0. The number of alkyl halides is 2. The third-order valence-electron chi connectivity index (χ3n) is 3.62. The fourth-order valence-electron chi connectivity index (χ4n) is 2.58. The van der Waals surface area contributed by atoms with Crippen molar-refractivity contribution in [2.75, 3.05) is 0 Å². The predicted octanol–water partition coefficient (Wildman–Crippen LogP) is -2.76. The Labute approximate surface area is 147 Å². The first-order valence-corrected chi connectivity index (χ1v) is 7.39. The number of aldehydes is 1. The minimum Gasteiger partial charge on any atom is -1.00 e. The topological polar surface area (TPSA) is 50.9 Å². The van der Waals surface area contributed by atoms with Crippen LogP contribution in [0.4, 0.5) is 5.69 Å². The molecule has 3 unspecified atom stereocenters. The van der Waals surface area contributed by atoms with Gasteiger partial charge in [0.25, 0.3) is 0 Å². The van der Waals surface area contributed by atoms with E-state index in [9.17, 15) is 9.59 Å². The summed E-state index contributed by atoms with van der Waals surface area (Å²) >= 11 is 18.6. The van der Waals surface area contributed by atoms with Crippen molar-refractivity contribution in [2.45, 2.75) is 16.8 Å². The number of benzene rings is 1. The third kappa shape index (κ3) is 2.59. The number of quaternary nitrogens is 1. The highest BCUT2D eigenvalue weighted by Crippen LogP contribution is 2.30. The molecule has 1 aromatic rings. The number of fused-ring (bicyclic) bond motifs is 3. The van der Waals surface area contributed by atoms with E-state index in [0.29, 0.717) is 27.3 Å². The molecule has 0 aromatic heterocycles. The average Bonchev–Trinajstić information content (AvgIpc) is 2.49. The van der Waals surface area contributed by atoms with E-state index in [0.717, 1.165) is 17.2 Å². The van der Waals surface area contributed by atoms with E-state index in [4.69, 9.17) is 34.8 Å². The Morgan fingerprint density at radius 3 is 2.77 bits per heavy atom. The molecule has 2 aliphatic heterocycles. The SMILES string of the molecule is O=C[NH+]1C=CC=c2c1c(Cl)cc1c2=NC(Cl)C(Cl)(C=O)C1.[Cl-]. The molecule has 0 spiro atoms. The van der Waals surface area contributed by atoms with Gasteiger partial charge in [-0.25, -0.2) is 9.69 Å². The monoisotopic (exact) mass is 378 g/mol. The number of rotatable bonds is 2. The number of halogens is 4. The minimum atomic E-state index is -1.27. The molecular weight excluding hydrogens is 370 g/mol. The number of allylic oxidation sites excluding steroid dienone is 1. The smallest absolute Gasteiger partial charge is 0.309 e. The zero-order valence-corrected chi connectivity index (χ0v) is 14.0. The third-order valence-corrected chi connectivity index (χ3v) is 4.94. The molecule has 116 valence electrons. The second-order valence-electron chi connectivity index (χ2n) is 4.94. The lowest BCUT2D eigenvalue weighted by Crippen LogP contribution is -3.03. The highest BCUT2D eigenvalue weighted by Gasteiger charge is 2.40. The van der Waals surface area contributed by atoms with Crippen molar-refractivity contribution in [2.24, 2.45) is 4.99 Å². The van der Waals surface area contributed by atoms with Crippen LogP contribution in [-0.4, -0.2) is 23.1 Å². The zero-order valence-electron chi connectivity index (χ0n) is 11.0. The van der Waals surface area contributed by atoms with E-state index in [1.165, 1.54) is 0 Å². The van der Waals surface area contributed by atoms with Gasteiger partial charge in [-0.2, -0.15) is 0 Å². The van der Waals surface area contributed by atoms with Crippen LogP contribution in [0.1, 0.15) is 5.56 Å². The number of carbonyl (C=O) groups excluding carboxylic acids is 2. The van der Waals surface area contributed by atoms with E-state index >= 15 is 0 Å². The summed E-state index contributed by atoms with van der Waals surface area (Å²) in [6, 6.07) is 1.69. The van der Waals surface area contributed by atoms with Crippen molar-refractivity contribution in [1.29, 1.82) is 0 Å². The van der Waals surface area contributed by atoms with Gasteiger partial charge in [0.1, 0.15) is 22.4 Å². The van der Waals surface area contributed by atoms with Crippen molar-refractivity contribution >= 4 is 59.3 Å². The largest absolute Gasteiger partial charge is 1.00 e. The Balaban J connectivity index is 0.00000176. The van der Waals surface area contributed by atoms with Crippen molar-refractivity contribution in [1.82, 2.24) is 0 Å². The lowest BCUT2D eigenvalue weighted by atomic mass is 9.94. The van der Waals surface area contributed by atoms with Crippen LogP contribution < -0.4 is 27.9 Å². The highest BCUT2D eigenvalue weighted by molar-refractivity contribution is 6.38. The van der Waals surface area contributed by atoms with Gasteiger partial charge in [-0.05, 0) is 23.8 Å². The van der Waals surface area contributed by atoms with Crippen LogP contribution in [0, 0.1) is 0 Å². The van der Waals surface area contributed by atoms with Crippen LogP contribution in [0.2, 0.25) is 5.02 Å².